The maximum Gasteiger partial charge on any atom is 0.272 e. The molecular weight excluding hydrogens is 340 g/mol. The number of anilines is 1. The number of nitrogens with zero attached hydrogens (tertiary/aromatic N) is 3. The summed E-state index contributed by atoms with van der Waals surface area (Å²) in [6.07, 6.45) is 6.38. The number of hydrogen-bond donors (Lipinski definition) is 1. The standard InChI is InChI=1S/C21H20N4O2/c26-20(24-17-8-4-6-15-7-5-10-23-19(15)17)16-9-11-22-18(14-16)21(27)25-12-2-1-3-13-25/h4-11,14H,1-3,12-13H2,(H,24,26). The Balaban J connectivity index is 1.56. The molecule has 3 heterocycles. The number of pyridine rings is 2. The lowest BCUT2D eigenvalue weighted by Crippen LogP contribution is -2.36. The summed E-state index contributed by atoms with van der Waals surface area (Å²) >= 11 is 0. The molecule has 2 aromatic heterocycles. The predicted molar refractivity (Wildman–Crippen MR) is 104 cm³/mol. The third-order valence-electron chi connectivity index (χ3n) is 4.77. The molecule has 0 aliphatic carbocycles. The Hall–Kier alpha value is -3.28. The molecule has 0 radical (unpaired) electrons. The fraction of sp³-hybridized carbons (Fsp3) is 0.238. The average molecular weight is 360 g/mol. The number of amides is 2. The van der Waals surface area contributed by atoms with Crippen LogP contribution in [0.1, 0.15) is 40.1 Å². The molecule has 3 aromatic rings. The first-order valence-corrected chi connectivity index (χ1v) is 9.13. The molecule has 1 N–H and O–H groups in total. The van der Waals surface area contributed by atoms with E-state index in [0.717, 1.165) is 43.3 Å². The van der Waals surface area contributed by atoms with Crippen molar-refractivity contribution in [2.45, 2.75) is 19.3 Å². The number of carbonyl (C=O) groups is 2. The maximum absolute atomic E-state index is 12.7. The second-order valence-electron chi connectivity index (χ2n) is 6.62. The highest BCUT2D eigenvalue weighted by atomic mass is 16.2. The number of likely N-dealkylation sites (tertiary alicyclic amines) is 1. The van der Waals surface area contributed by atoms with Crippen molar-refractivity contribution in [2.24, 2.45) is 0 Å². The third kappa shape index (κ3) is 3.65. The van der Waals surface area contributed by atoms with Crippen LogP contribution in [-0.2, 0) is 0 Å². The van der Waals surface area contributed by atoms with Crippen LogP contribution in [0.4, 0.5) is 5.69 Å². The highest BCUT2D eigenvalue weighted by Gasteiger charge is 2.20. The van der Waals surface area contributed by atoms with E-state index in [0.29, 0.717) is 16.9 Å². The van der Waals surface area contributed by atoms with Gasteiger partial charge < -0.3 is 10.2 Å². The summed E-state index contributed by atoms with van der Waals surface area (Å²) in [6, 6.07) is 12.6. The Kier molecular flexibility index (Phi) is 4.78. The molecule has 0 spiro atoms. The summed E-state index contributed by atoms with van der Waals surface area (Å²) in [4.78, 5) is 35.7. The van der Waals surface area contributed by atoms with Gasteiger partial charge in [-0.2, -0.15) is 0 Å². The van der Waals surface area contributed by atoms with Crippen molar-refractivity contribution in [2.75, 3.05) is 18.4 Å². The van der Waals surface area contributed by atoms with E-state index in [4.69, 9.17) is 0 Å². The highest BCUT2D eigenvalue weighted by Crippen LogP contribution is 2.21. The van der Waals surface area contributed by atoms with Gasteiger partial charge in [-0.05, 0) is 43.5 Å². The molecule has 0 bridgehead atoms. The number of carbonyl (C=O) groups excluding carboxylic acids is 2. The number of aromatic nitrogens is 2. The number of piperidine rings is 1. The van der Waals surface area contributed by atoms with Crippen LogP contribution >= 0.6 is 0 Å². The molecular formula is C21H20N4O2. The van der Waals surface area contributed by atoms with Gasteiger partial charge in [-0.15, -0.1) is 0 Å². The predicted octanol–water partition coefficient (Wildman–Crippen LogP) is 3.51. The Morgan fingerprint density at radius 1 is 0.926 bits per heavy atom. The average Bonchev–Trinajstić information content (AvgIpc) is 2.74. The summed E-state index contributed by atoms with van der Waals surface area (Å²) in [6.45, 7) is 1.50. The van der Waals surface area contributed by atoms with Crippen molar-refractivity contribution in [1.82, 2.24) is 14.9 Å². The summed E-state index contributed by atoms with van der Waals surface area (Å²) in [5.41, 5.74) is 2.07. The van der Waals surface area contributed by atoms with Crippen molar-refractivity contribution in [1.29, 1.82) is 0 Å². The van der Waals surface area contributed by atoms with Crippen LogP contribution in [0.3, 0.4) is 0 Å². The van der Waals surface area contributed by atoms with Gasteiger partial charge in [0.2, 0.25) is 0 Å². The van der Waals surface area contributed by atoms with E-state index in [2.05, 4.69) is 15.3 Å². The van der Waals surface area contributed by atoms with Gasteiger partial charge in [0, 0.05) is 36.4 Å². The zero-order valence-electron chi connectivity index (χ0n) is 14.9. The van der Waals surface area contributed by atoms with E-state index in [1.54, 1.807) is 18.3 Å². The molecule has 1 fully saturated rings. The normalized spacial score (nSPS) is 14.1. The Morgan fingerprint density at radius 3 is 2.59 bits per heavy atom. The number of benzene rings is 1. The van der Waals surface area contributed by atoms with Crippen LogP contribution in [0.25, 0.3) is 10.9 Å². The van der Waals surface area contributed by atoms with Crippen molar-refractivity contribution in [3.05, 3.63) is 66.1 Å². The fourth-order valence-electron chi connectivity index (χ4n) is 3.35. The molecule has 2 amide bonds. The SMILES string of the molecule is O=C(Nc1cccc2cccnc12)c1ccnc(C(=O)N2CCCCC2)c1. The molecule has 0 atom stereocenters. The minimum Gasteiger partial charge on any atom is -0.337 e. The van der Waals surface area contributed by atoms with Crippen LogP contribution < -0.4 is 5.32 Å². The first kappa shape index (κ1) is 17.1. The van der Waals surface area contributed by atoms with Crippen molar-refractivity contribution >= 4 is 28.4 Å². The number of para-hydroxylation sites is 1. The van der Waals surface area contributed by atoms with Crippen molar-refractivity contribution in [3.8, 4) is 0 Å². The zero-order valence-corrected chi connectivity index (χ0v) is 14.9. The van der Waals surface area contributed by atoms with Gasteiger partial charge in [-0.25, -0.2) is 0 Å². The smallest absolute Gasteiger partial charge is 0.272 e. The van der Waals surface area contributed by atoms with E-state index < -0.39 is 0 Å². The van der Waals surface area contributed by atoms with Crippen molar-refractivity contribution in [3.63, 3.8) is 0 Å². The molecule has 1 aliphatic heterocycles. The van der Waals surface area contributed by atoms with E-state index in [1.165, 1.54) is 6.20 Å². The molecule has 136 valence electrons. The third-order valence-corrected chi connectivity index (χ3v) is 4.77. The number of rotatable bonds is 3. The molecule has 0 unspecified atom stereocenters. The highest BCUT2D eigenvalue weighted by molar-refractivity contribution is 6.09. The first-order chi connectivity index (χ1) is 13.2. The maximum atomic E-state index is 12.7. The summed E-state index contributed by atoms with van der Waals surface area (Å²) in [5, 5.41) is 3.84. The molecule has 1 aliphatic rings. The minimum absolute atomic E-state index is 0.115. The molecule has 1 saturated heterocycles. The molecule has 4 rings (SSSR count). The lowest BCUT2D eigenvalue weighted by atomic mass is 10.1. The van der Waals surface area contributed by atoms with E-state index >= 15 is 0 Å². The van der Waals surface area contributed by atoms with E-state index in [9.17, 15) is 9.59 Å². The Morgan fingerprint density at radius 2 is 1.74 bits per heavy atom. The van der Waals surface area contributed by atoms with E-state index in [1.807, 2.05) is 35.2 Å². The first-order valence-electron chi connectivity index (χ1n) is 9.13. The molecule has 6 heteroatoms. The molecule has 6 nitrogen and oxygen atoms in total. The van der Waals surface area contributed by atoms with Gasteiger partial charge in [-0.1, -0.05) is 18.2 Å². The van der Waals surface area contributed by atoms with Gasteiger partial charge in [-0.3, -0.25) is 19.6 Å². The Bertz CT molecular complexity index is 991. The molecule has 0 saturated carbocycles. The largest absolute Gasteiger partial charge is 0.337 e. The van der Waals surface area contributed by atoms with Crippen LogP contribution in [-0.4, -0.2) is 39.8 Å². The van der Waals surface area contributed by atoms with Crippen LogP contribution in [0.5, 0.6) is 0 Å². The lowest BCUT2D eigenvalue weighted by molar-refractivity contribution is 0.0718. The second kappa shape index (κ2) is 7.53. The van der Waals surface area contributed by atoms with Crippen LogP contribution in [0.15, 0.2) is 54.9 Å². The number of hydrogen-bond acceptors (Lipinski definition) is 4. The van der Waals surface area contributed by atoms with Gasteiger partial charge >= 0.3 is 0 Å². The Labute approximate surface area is 157 Å². The zero-order chi connectivity index (χ0) is 18.6. The number of fused-ring (bicyclic) bond motifs is 1. The fourth-order valence-corrected chi connectivity index (χ4v) is 3.35. The topological polar surface area (TPSA) is 75.2 Å². The van der Waals surface area contributed by atoms with Gasteiger partial charge in [0.05, 0.1) is 11.2 Å². The van der Waals surface area contributed by atoms with Gasteiger partial charge in [0.25, 0.3) is 11.8 Å². The summed E-state index contributed by atoms with van der Waals surface area (Å²) < 4.78 is 0. The quantitative estimate of drug-likeness (QED) is 0.776. The number of nitrogens with one attached hydrogen (secondary N) is 1. The van der Waals surface area contributed by atoms with Gasteiger partial charge in [0.1, 0.15) is 5.69 Å². The van der Waals surface area contributed by atoms with Gasteiger partial charge in [0.15, 0.2) is 0 Å². The monoisotopic (exact) mass is 360 g/mol. The lowest BCUT2D eigenvalue weighted by Gasteiger charge is -2.26. The summed E-state index contributed by atoms with van der Waals surface area (Å²) in [7, 11) is 0. The summed E-state index contributed by atoms with van der Waals surface area (Å²) in [5.74, 6) is -0.403. The second-order valence-corrected chi connectivity index (χ2v) is 6.62. The van der Waals surface area contributed by atoms with Crippen LogP contribution in [0.2, 0.25) is 0 Å². The molecule has 27 heavy (non-hydrogen) atoms. The van der Waals surface area contributed by atoms with Crippen LogP contribution in [0, 0.1) is 0 Å². The molecule has 1 aromatic carbocycles. The minimum atomic E-state index is -0.289. The van der Waals surface area contributed by atoms with Crippen molar-refractivity contribution < 1.29 is 9.59 Å². The van der Waals surface area contributed by atoms with E-state index in [-0.39, 0.29) is 11.8 Å².